The first kappa shape index (κ1) is 23.2. The zero-order valence-electron chi connectivity index (χ0n) is 17.9. The van der Waals surface area contributed by atoms with Crippen LogP contribution in [0, 0.1) is 5.92 Å². The lowest BCUT2D eigenvalue weighted by Gasteiger charge is -2.27. The van der Waals surface area contributed by atoms with E-state index < -0.39 is 24.0 Å². The third-order valence-electron chi connectivity index (χ3n) is 5.72. The van der Waals surface area contributed by atoms with E-state index in [1.165, 1.54) is 12.1 Å². The second-order valence-electron chi connectivity index (χ2n) is 8.34. The highest BCUT2D eigenvalue weighted by Gasteiger charge is 2.35. The molecule has 2 heterocycles. The molecule has 4 rings (SSSR count). The summed E-state index contributed by atoms with van der Waals surface area (Å²) in [5.74, 6) is 0.419. The third-order valence-corrected chi connectivity index (χ3v) is 5.72. The average Bonchev–Trinajstić information content (AvgIpc) is 3.62. The van der Waals surface area contributed by atoms with Gasteiger partial charge in [0.05, 0.1) is 17.0 Å². The van der Waals surface area contributed by atoms with Crippen molar-refractivity contribution in [1.82, 2.24) is 15.6 Å². The first-order chi connectivity index (χ1) is 15.7. The largest absolute Gasteiger partial charge is 0.487 e. The van der Waals surface area contributed by atoms with Crippen molar-refractivity contribution in [2.75, 3.05) is 19.6 Å². The molecule has 0 bridgehead atoms. The highest BCUT2D eigenvalue weighted by atomic mass is 19.4. The maximum absolute atomic E-state index is 14.1. The third kappa shape index (κ3) is 5.71. The minimum atomic E-state index is -4.65. The molecule has 176 valence electrons. The quantitative estimate of drug-likeness (QED) is 0.597. The van der Waals surface area contributed by atoms with Crippen molar-refractivity contribution in [2.45, 2.75) is 37.7 Å². The molecule has 2 aliphatic rings. The Hall–Kier alpha value is -2.94. The number of nitrogens with one attached hydrogen (secondary N) is 2. The van der Waals surface area contributed by atoms with Crippen LogP contribution in [0.2, 0.25) is 0 Å². The van der Waals surface area contributed by atoms with Crippen molar-refractivity contribution >= 4 is 28.3 Å². The van der Waals surface area contributed by atoms with E-state index >= 15 is 0 Å². The van der Waals surface area contributed by atoms with Crippen molar-refractivity contribution in [3.05, 3.63) is 48.3 Å². The molecule has 1 aliphatic heterocycles. The van der Waals surface area contributed by atoms with Crippen LogP contribution in [0.25, 0.3) is 22.4 Å². The maximum atomic E-state index is 14.1. The van der Waals surface area contributed by atoms with Crippen LogP contribution >= 0.6 is 0 Å². The maximum Gasteiger partial charge on any atom is 0.417 e. The molecule has 1 aromatic heterocycles. The Morgan fingerprint density at radius 2 is 2.06 bits per heavy atom. The summed E-state index contributed by atoms with van der Waals surface area (Å²) >= 11 is 0. The fourth-order valence-electron chi connectivity index (χ4n) is 3.71. The number of piperidine rings is 1. The van der Waals surface area contributed by atoms with Gasteiger partial charge in [0.1, 0.15) is 18.0 Å². The molecule has 2 atom stereocenters. The molecule has 0 spiro atoms. The lowest BCUT2D eigenvalue weighted by molar-refractivity contribution is -0.122. The topological polar surface area (TPSA) is 63.2 Å². The van der Waals surface area contributed by atoms with E-state index in [1.807, 2.05) is 0 Å². The molecule has 1 aromatic carbocycles. The number of halogens is 4. The number of ether oxygens (including phenoxy) is 1. The summed E-state index contributed by atoms with van der Waals surface area (Å²) in [6.45, 7) is 4.28. The van der Waals surface area contributed by atoms with Gasteiger partial charge in [0.2, 0.25) is 5.91 Å². The Balaban J connectivity index is 1.61. The second-order valence-corrected chi connectivity index (χ2v) is 8.34. The molecule has 0 unspecified atom stereocenters. The molecular formula is C24H25F4N3O2. The molecule has 1 saturated carbocycles. The number of pyridine rings is 1. The van der Waals surface area contributed by atoms with Crippen molar-refractivity contribution in [2.24, 2.45) is 5.92 Å². The Bertz CT molecular complexity index is 1080. The van der Waals surface area contributed by atoms with Crippen LogP contribution < -0.4 is 15.4 Å². The molecule has 0 radical (unpaired) electrons. The molecule has 1 saturated heterocycles. The number of carbonyl (C=O) groups excluding carboxylic acids is 1. The van der Waals surface area contributed by atoms with Gasteiger partial charge < -0.3 is 15.4 Å². The van der Waals surface area contributed by atoms with Gasteiger partial charge in [-0.25, -0.2) is 9.37 Å². The van der Waals surface area contributed by atoms with Crippen molar-refractivity contribution in [3.63, 3.8) is 0 Å². The number of fused-ring (bicyclic) bond motifs is 1. The average molecular weight is 463 g/mol. The number of carbonyl (C=O) groups is 1. The first-order valence-electron chi connectivity index (χ1n) is 10.9. The van der Waals surface area contributed by atoms with E-state index in [9.17, 15) is 22.4 Å². The second kappa shape index (κ2) is 9.51. The molecule has 2 N–H and O–H groups in total. The van der Waals surface area contributed by atoms with Gasteiger partial charge in [0.25, 0.3) is 0 Å². The normalized spacial score (nSPS) is 21.3. The number of benzene rings is 1. The Morgan fingerprint density at radius 1 is 1.27 bits per heavy atom. The molecule has 1 aliphatic carbocycles. The number of hydrogen-bond acceptors (Lipinski definition) is 4. The lowest BCUT2D eigenvalue weighted by Crippen LogP contribution is -2.44. The van der Waals surface area contributed by atoms with Gasteiger partial charge in [-0.1, -0.05) is 12.7 Å². The van der Waals surface area contributed by atoms with Gasteiger partial charge in [-0.3, -0.25) is 4.79 Å². The van der Waals surface area contributed by atoms with Gasteiger partial charge in [-0.2, -0.15) is 13.2 Å². The first-order valence-corrected chi connectivity index (χ1v) is 10.9. The minimum absolute atomic E-state index is 0.0249. The number of aromatic nitrogens is 1. The smallest absolute Gasteiger partial charge is 0.417 e. The standard InChI is InChI=1S/C24H25F4N3O2/c1-14(24(26,27)28)22-19-7-6-18(33-21-8-10-29-13-20(21)25)12-16(19)11-17(31-22)3-2-9-30-23(32)15-4-5-15/h2-3,6-7,11-12,15,20-21,29H,1,4-5,8-10,13H2,(H,30,32)/b3-2+/t20-,21+/m0/s1. The molecule has 9 heteroatoms. The highest BCUT2D eigenvalue weighted by molar-refractivity contribution is 5.94. The highest BCUT2D eigenvalue weighted by Crippen LogP contribution is 2.36. The lowest BCUT2D eigenvalue weighted by atomic mass is 10.0. The zero-order chi connectivity index (χ0) is 23.6. The van der Waals surface area contributed by atoms with E-state index in [0.717, 1.165) is 12.8 Å². The van der Waals surface area contributed by atoms with Crippen molar-refractivity contribution < 1.29 is 27.1 Å². The van der Waals surface area contributed by atoms with Crippen LogP contribution in [0.1, 0.15) is 30.7 Å². The van der Waals surface area contributed by atoms with Crippen LogP contribution in [0.15, 0.2) is 36.9 Å². The summed E-state index contributed by atoms with van der Waals surface area (Å²) in [6.07, 6.45) is -0.986. The van der Waals surface area contributed by atoms with Gasteiger partial charge >= 0.3 is 6.18 Å². The van der Waals surface area contributed by atoms with Crippen LogP contribution in [-0.4, -0.2) is 49.0 Å². The summed E-state index contributed by atoms with van der Waals surface area (Å²) in [4.78, 5) is 15.9. The van der Waals surface area contributed by atoms with Crippen LogP contribution in [0.4, 0.5) is 17.6 Å². The zero-order valence-corrected chi connectivity index (χ0v) is 17.9. The summed E-state index contributed by atoms with van der Waals surface area (Å²) in [6, 6.07) is 6.23. The van der Waals surface area contributed by atoms with Gasteiger partial charge in [0, 0.05) is 24.4 Å². The van der Waals surface area contributed by atoms with E-state index in [4.69, 9.17) is 4.74 Å². The minimum Gasteiger partial charge on any atom is -0.487 e. The van der Waals surface area contributed by atoms with E-state index in [0.29, 0.717) is 24.1 Å². The van der Waals surface area contributed by atoms with E-state index in [-0.39, 0.29) is 41.7 Å². The fourth-order valence-corrected chi connectivity index (χ4v) is 3.71. The molecule has 2 fully saturated rings. The summed E-state index contributed by atoms with van der Waals surface area (Å²) in [7, 11) is 0. The number of rotatable bonds is 7. The van der Waals surface area contributed by atoms with Crippen LogP contribution in [0.3, 0.4) is 0 Å². The summed E-state index contributed by atoms with van der Waals surface area (Å²) in [5.41, 5.74) is -1.05. The molecule has 33 heavy (non-hydrogen) atoms. The number of allylic oxidation sites excluding steroid dienone is 1. The van der Waals surface area contributed by atoms with Crippen LogP contribution in [-0.2, 0) is 4.79 Å². The predicted molar refractivity (Wildman–Crippen MR) is 118 cm³/mol. The Morgan fingerprint density at radius 3 is 2.76 bits per heavy atom. The number of nitrogens with zero attached hydrogens (tertiary/aromatic N) is 1. The monoisotopic (exact) mass is 463 g/mol. The Labute approximate surface area is 188 Å². The number of hydrogen-bond donors (Lipinski definition) is 2. The summed E-state index contributed by atoms with van der Waals surface area (Å²) < 4.78 is 60.2. The van der Waals surface area contributed by atoms with Crippen LogP contribution in [0.5, 0.6) is 5.75 Å². The van der Waals surface area contributed by atoms with Crippen molar-refractivity contribution in [3.8, 4) is 5.75 Å². The fraction of sp³-hybridized carbons (Fsp3) is 0.417. The SMILES string of the molecule is C=C(c1nc(/C=C/CNC(=O)C2CC2)cc2cc(O[C@@H]3CCNC[C@@H]3F)ccc12)C(F)(F)F. The summed E-state index contributed by atoms with van der Waals surface area (Å²) in [5, 5.41) is 6.45. The van der Waals surface area contributed by atoms with Gasteiger partial charge in [-0.05, 0) is 61.5 Å². The predicted octanol–water partition coefficient (Wildman–Crippen LogP) is 4.43. The number of alkyl halides is 4. The van der Waals surface area contributed by atoms with E-state index in [1.54, 1.807) is 24.3 Å². The molecule has 5 nitrogen and oxygen atoms in total. The van der Waals surface area contributed by atoms with E-state index in [2.05, 4.69) is 22.2 Å². The molecule has 1 amide bonds. The Kier molecular flexibility index (Phi) is 6.69. The molecule has 2 aromatic rings. The van der Waals surface area contributed by atoms with Gasteiger partial charge in [-0.15, -0.1) is 0 Å². The van der Waals surface area contributed by atoms with Crippen molar-refractivity contribution in [1.29, 1.82) is 0 Å². The number of amides is 1. The van der Waals surface area contributed by atoms with Gasteiger partial charge in [0.15, 0.2) is 0 Å². The molecular weight excluding hydrogens is 438 g/mol.